The van der Waals surface area contributed by atoms with Gasteiger partial charge in [0.05, 0.1) is 6.10 Å². The first-order valence-corrected chi connectivity index (χ1v) is 4.36. The molecule has 0 aromatic heterocycles. The molecule has 11 heavy (non-hydrogen) atoms. The highest BCUT2D eigenvalue weighted by Crippen LogP contribution is 2.26. The first-order valence-electron chi connectivity index (χ1n) is 4.36. The lowest BCUT2D eigenvalue weighted by Crippen LogP contribution is -2.20. The fourth-order valence-electron chi connectivity index (χ4n) is 1.85. The van der Waals surface area contributed by atoms with E-state index in [0.717, 1.165) is 25.7 Å². The predicted molar refractivity (Wildman–Crippen MR) is 43.3 cm³/mol. The first kappa shape index (κ1) is 8.72. The SMILES string of the molecule is CC(=O)C[C@H]1CCC[C@H](O)C1. The normalized spacial score (nSPS) is 31.8. The van der Waals surface area contributed by atoms with Gasteiger partial charge in [-0.1, -0.05) is 6.42 Å². The number of aliphatic hydroxyl groups is 1. The van der Waals surface area contributed by atoms with Gasteiger partial charge in [-0.3, -0.25) is 0 Å². The van der Waals surface area contributed by atoms with Gasteiger partial charge in [-0.2, -0.15) is 0 Å². The second-order valence-corrected chi connectivity index (χ2v) is 3.59. The fraction of sp³-hybridized carbons (Fsp3) is 0.889. The number of rotatable bonds is 2. The van der Waals surface area contributed by atoms with Crippen molar-refractivity contribution in [3.63, 3.8) is 0 Å². The van der Waals surface area contributed by atoms with Gasteiger partial charge in [0, 0.05) is 6.42 Å². The van der Waals surface area contributed by atoms with Crippen molar-refractivity contribution in [3.05, 3.63) is 0 Å². The number of ketones is 1. The molecule has 2 nitrogen and oxygen atoms in total. The third kappa shape index (κ3) is 3.02. The highest BCUT2D eigenvalue weighted by molar-refractivity contribution is 5.75. The lowest BCUT2D eigenvalue weighted by atomic mass is 9.84. The molecular weight excluding hydrogens is 140 g/mol. The first-order chi connectivity index (χ1) is 5.18. The third-order valence-corrected chi connectivity index (χ3v) is 2.33. The van der Waals surface area contributed by atoms with Gasteiger partial charge >= 0.3 is 0 Å². The van der Waals surface area contributed by atoms with E-state index < -0.39 is 0 Å². The lowest BCUT2D eigenvalue weighted by Gasteiger charge is -2.24. The number of hydrogen-bond donors (Lipinski definition) is 1. The molecule has 64 valence electrons. The largest absolute Gasteiger partial charge is 0.393 e. The van der Waals surface area contributed by atoms with Gasteiger partial charge in [-0.15, -0.1) is 0 Å². The van der Waals surface area contributed by atoms with Gasteiger partial charge in [0.2, 0.25) is 0 Å². The average Bonchev–Trinajstić information content (AvgIpc) is 1.85. The van der Waals surface area contributed by atoms with E-state index in [4.69, 9.17) is 0 Å². The zero-order chi connectivity index (χ0) is 8.27. The van der Waals surface area contributed by atoms with Crippen molar-refractivity contribution in [1.82, 2.24) is 0 Å². The Morgan fingerprint density at radius 2 is 2.27 bits per heavy atom. The maximum Gasteiger partial charge on any atom is 0.130 e. The average molecular weight is 156 g/mol. The van der Waals surface area contributed by atoms with E-state index in [-0.39, 0.29) is 11.9 Å². The summed E-state index contributed by atoms with van der Waals surface area (Å²) in [7, 11) is 0. The monoisotopic (exact) mass is 156 g/mol. The highest BCUT2D eigenvalue weighted by atomic mass is 16.3. The van der Waals surface area contributed by atoms with Crippen LogP contribution in [0.25, 0.3) is 0 Å². The Kier molecular flexibility index (Phi) is 3.06. The summed E-state index contributed by atoms with van der Waals surface area (Å²) >= 11 is 0. The summed E-state index contributed by atoms with van der Waals surface area (Å²) in [6.07, 6.45) is 4.48. The zero-order valence-corrected chi connectivity index (χ0v) is 7.05. The minimum absolute atomic E-state index is 0.145. The topological polar surface area (TPSA) is 37.3 Å². The Balaban J connectivity index is 2.28. The van der Waals surface area contributed by atoms with E-state index in [1.165, 1.54) is 0 Å². The Hall–Kier alpha value is -0.370. The molecule has 0 bridgehead atoms. The van der Waals surface area contributed by atoms with E-state index in [2.05, 4.69) is 0 Å². The zero-order valence-electron chi connectivity index (χ0n) is 7.05. The van der Waals surface area contributed by atoms with Gasteiger partial charge in [0.1, 0.15) is 5.78 Å². The molecule has 0 radical (unpaired) electrons. The van der Waals surface area contributed by atoms with Gasteiger partial charge < -0.3 is 9.90 Å². The van der Waals surface area contributed by atoms with Crippen LogP contribution in [0.3, 0.4) is 0 Å². The molecule has 0 aromatic rings. The number of hydrogen-bond acceptors (Lipinski definition) is 2. The lowest BCUT2D eigenvalue weighted by molar-refractivity contribution is -0.118. The van der Waals surface area contributed by atoms with Gasteiger partial charge in [0.15, 0.2) is 0 Å². The Morgan fingerprint density at radius 1 is 1.55 bits per heavy atom. The fourth-order valence-corrected chi connectivity index (χ4v) is 1.85. The summed E-state index contributed by atoms with van der Waals surface area (Å²) in [5, 5.41) is 9.28. The van der Waals surface area contributed by atoms with Crippen molar-refractivity contribution in [1.29, 1.82) is 0 Å². The van der Waals surface area contributed by atoms with Crippen LogP contribution in [0.15, 0.2) is 0 Å². The molecule has 1 fully saturated rings. The quantitative estimate of drug-likeness (QED) is 0.658. The molecule has 1 N–H and O–H groups in total. The summed E-state index contributed by atoms with van der Waals surface area (Å²) in [4.78, 5) is 10.7. The van der Waals surface area contributed by atoms with Gasteiger partial charge in [-0.05, 0) is 32.1 Å². The van der Waals surface area contributed by atoms with E-state index in [9.17, 15) is 9.90 Å². The van der Waals surface area contributed by atoms with Gasteiger partial charge in [0.25, 0.3) is 0 Å². The minimum Gasteiger partial charge on any atom is -0.393 e. The maximum absolute atomic E-state index is 10.7. The molecule has 1 saturated carbocycles. The summed E-state index contributed by atoms with van der Waals surface area (Å²) < 4.78 is 0. The molecule has 0 saturated heterocycles. The number of aliphatic hydroxyl groups excluding tert-OH is 1. The third-order valence-electron chi connectivity index (χ3n) is 2.33. The van der Waals surface area contributed by atoms with Crippen LogP contribution in [0.1, 0.15) is 39.0 Å². The van der Waals surface area contributed by atoms with Crippen LogP contribution in [-0.2, 0) is 4.79 Å². The van der Waals surface area contributed by atoms with Crippen molar-refractivity contribution in [2.75, 3.05) is 0 Å². The van der Waals surface area contributed by atoms with E-state index in [1.807, 2.05) is 0 Å². The smallest absolute Gasteiger partial charge is 0.130 e. The van der Waals surface area contributed by atoms with E-state index in [1.54, 1.807) is 6.92 Å². The predicted octanol–water partition coefficient (Wildman–Crippen LogP) is 1.52. The molecular formula is C9H16O2. The molecule has 0 aromatic carbocycles. The van der Waals surface area contributed by atoms with Crippen LogP contribution in [0.4, 0.5) is 0 Å². The van der Waals surface area contributed by atoms with Crippen LogP contribution < -0.4 is 0 Å². The van der Waals surface area contributed by atoms with Crippen molar-refractivity contribution < 1.29 is 9.90 Å². The van der Waals surface area contributed by atoms with Crippen molar-refractivity contribution in [3.8, 4) is 0 Å². The van der Waals surface area contributed by atoms with E-state index >= 15 is 0 Å². The van der Waals surface area contributed by atoms with Crippen LogP contribution in [0, 0.1) is 5.92 Å². The number of carbonyl (C=O) groups is 1. The number of carbonyl (C=O) groups excluding carboxylic acids is 1. The minimum atomic E-state index is -0.145. The molecule has 0 aliphatic heterocycles. The molecule has 0 heterocycles. The molecule has 0 spiro atoms. The highest BCUT2D eigenvalue weighted by Gasteiger charge is 2.20. The van der Waals surface area contributed by atoms with Crippen LogP contribution in [-0.4, -0.2) is 17.0 Å². The second-order valence-electron chi connectivity index (χ2n) is 3.59. The summed E-state index contributed by atoms with van der Waals surface area (Å²) in [6, 6.07) is 0. The Labute approximate surface area is 67.6 Å². The molecule has 1 aliphatic rings. The molecule has 0 amide bonds. The Morgan fingerprint density at radius 3 is 2.82 bits per heavy atom. The maximum atomic E-state index is 10.7. The second kappa shape index (κ2) is 3.86. The van der Waals surface area contributed by atoms with Crippen molar-refractivity contribution in [2.24, 2.45) is 5.92 Å². The standard InChI is InChI=1S/C9H16O2/c1-7(10)5-8-3-2-4-9(11)6-8/h8-9,11H,2-6H2,1H3/t8-,9+/m1/s1. The van der Waals surface area contributed by atoms with Crippen LogP contribution in [0.5, 0.6) is 0 Å². The summed E-state index contributed by atoms with van der Waals surface area (Å²) in [6.45, 7) is 1.63. The summed E-state index contributed by atoms with van der Waals surface area (Å²) in [5.41, 5.74) is 0. The molecule has 1 rings (SSSR count). The van der Waals surface area contributed by atoms with Crippen LogP contribution in [0.2, 0.25) is 0 Å². The van der Waals surface area contributed by atoms with E-state index in [0.29, 0.717) is 12.3 Å². The van der Waals surface area contributed by atoms with Crippen molar-refractivity contribution >= 4 is 5.78 Å². The summed E-state index contributed by atoms with van der Waals surface area (Å²) in [5.74, 6) is 0.709. The molecule has 2 atom stereocenters. The Bertz CT molecular complexity index is 142. The molecule has 1 aliphatic carbocycles. The van der Waals surface area contributed by atoms with Crippen molar-refractivity contribution in [2.45, 2.75) is 45.1 Å². The van der Waals surface area contributed by atoms with Gasteiger partial charge in [-0.25, -0.2) is 0 Å². The number of Topliss-reactive ketones (excluding diaryl/α,β-unsaturated/α-hetero) is 1. The molecule has 2 heteroatoms. The van der Waals surface area contributed by atoms with Crippen LogP contribution >= 0.6 is 0 Å². The molecule has 0 unspecified atom stereocenters.